The average molecular weight is 321 g/mol. The smallest absolute Gasteiger partial charge is 0.223 e. The third-order valence-corrected chi connectivity index (χ3v) is 4.16. The van der Waals surface area contributed by atoms with Crippen molar-refractivity contribution in [2.45, 2.75) is 9.92 Å². The maximum absolute atomic E-state index is 6.04. The van der Waals surface area contributed by atoms with Crippen LogP contribution in [0.15, 0.2) is 34.3 Å². The standard InChI is InChI=1S/C11H8Cl3N3S/c1-15-11-16-5-9(14)10(17-11)18-6-2-3-7(12)8(13)4-6/h2-5H,1H3,(H,15,16,17). The van der Waals surface area contributed by atoms with E-state index in [1.165, 1.54) is 11.8 Å². The van der Waals surface area contributed by atoms with Gasteiger partial charge >= 0.3 is 0 Å². The summed E-state index contributed by atoms with van der Waals surface area (Å²) in [5.74, 6) is 0.516. The summed E-state index contributed by atoms with van der Waals surface area (Å²) in [6.07, 6.45) is 1.56. The monoisotopic (exact) mass is 319 g/mol. The third-order valence-electron chi connectivity index (χ3n) is 2.04. The molecule has 0 radical (unpaired) electrons. The molecule has 0 atom stereocenters. The number of nitrogens with zero attached hydrogens (tertiary/aromatic N) is 2. The van der Waals surface area contributed by atoms with Crippen molar-refractivity contribution >= 4 is 52.5 Å². The minimum Gasteiger partial charge on any atom is -0.357 e. The van der Waals surface area contributed by atoms with Gasteiger partial charge in [0, 0.05) is 11.9 Å². The molecule has 0 aliphatic rings. The van der Waals surface area contributed by atoms with Crippen molar-refractivity contribution in [2.75, 3.05) is 12.4 Å². The second kappa shape index (κ2) is 5.97. The molecule has 0 aliphatic heterocycles. The van der Waals surface area contributed by atoms with Crippen LogP contribution in [0.4, 0.5) is 5.95 Å². The van der Waals surface area contributed by atoms with Gasteiger partial charge in [-0.2, -0.15) is 0 Å². The molecule has 0 unspecified atom stereocenters. The second-order valence-corrected chi connectivity index (χ2v) is 5.56. The van der Waals surface area contributed by atoms with Gasteiger partial charge in [0.15, 0.2) is 0 Å². The van der Waals surface area contributed by atoms with Crippen LogP contribution in [0.3, 0.4) is 0 Å². The third kappa shape index (κ3) is 3.20. The summed E-state index contributed by atoms with van der Waals surface area (Å²) in [6, 6.07) is 5.36. The molecule has 94 valence electrons. The number of hydrogen-bond acceptors (Lipinski definition) is 4. The molecule has 0 saturated heterocycles. The number of rotatable bonds is 3. The highest BCUT2D eigenvalue weighted by Gasteiger charge is 2.08. The van der Waals surface area contributed by atoms with Crippen molar-refractivity contribution < 1.29 is 0 Å². The van der Waals surface area contributed by atoms with Gasteiger partial charge in [0.2, 0.25) is 5.95 Å². The Kier molecular flexibility index (Phi) is 4.56. The summed E-state index contributed by atoms with van der Waals surface area (Å²) < 4.78 is 0. The highest BCUT2D eigenvalue weighted by Crippen LogP contribution is 2.34. The first kappa shape index (κ1) is 13.7. The summed E-state index contributed by atoms with van der Waals surface area (Å²) in [4.78, 5) is 9.20. The van der Waals surface area contributed by atoms with Crippen molar-refractivity contribution in [3.05, 3.63) is 39.5 Å². The maximum atomic E-state index is 6.04. The lowest BCUT2D eigenvalue weighted by atomic mass is 10.4. The molecule has 0 aliphatic carbocycles. The summed E-state index contributed by atoms with van der Waals surface area (Å²) >= 11 is 19.3. The van der Waals surface area contributed by atoms with Gasteiger partial charge in [0.25, 0.3) is 0 Å². The Morgan fingerprint density at radius 2 is 1.89 bits per heavy atom. The van der Waals surface area contributed by atoms with E-state index < -0.39 is 0 Å². The molecule has 2 rings (SSSR count). The molecular weight excluding hydrogens is 313 g/mol. The summed E-state index contributed by atoms with van der Waals surface area (Å²) in [5.41, 5.74) is 0. The van der Waals surface area contributed by atoms with Gasteiger partial charge in [-0.25, -0.2) is 9.97 Å². The lowest BCUT2D eigenvalue weighted by Crippen LogP contribution is -1.96. The van der Waals surface area contributed by atoms with Crippen LogP contribution in [0.2, 0.25) is 15.1 Å². The second-order valence-electron chi connectivity index (χ2n) is 3.27. The molecule has 0 fully saturated rings. The summed E-state index contributed by atoms with van der Waals surface area (Å²) in [7, 11) is 1.75. The Labute approximate surface area is 124 Å². The predicted molar refractivity (Wildman–Crippen MR) is 77.2 cm³/mol. The number of hydrogen-bond donors (Lipinski definition) is 1. The average Bonchev–Trinajstić information content (AvgIpc) is 2.36. The molecule has 18 heavy (non-hydrogen) atoms. The van der Waals surface area contributed by atoms with Crippen molar-refractivity contribution in [1.29, 1.82) is 0 Å². The fourth-order valence-electron chi connectivity index (χ4n) is 1.20. The summed E-state index contributed by atoms with van der Waals surface area (Å²) in [5, 5.41) is 5.03. The first-order chi connectivity index (χ1) is 8.60. The quantitative estimate of drug-likeness (QED) is 0.837. The van der Waals surface area contributed by atoms with E-state index in [4.69, 9.17) is 34.8 Å². The van der Waals surface area contributed by atoms with Crippen LogP contribution in [0.25, 0.3) is 0 Å². The predicted octanol–water partition coefficient (Wildman–Crippen LogP) is 4.63. The number of halogens is 3. The van der Waals surface area contributed by atoms with Crippen LogP contribution in [-0.2, 0) is 0 Å². The largest absolute Gasteiger partial charge is 0.357 e. The lowest BCUT2D eigenvalue weighted by Gasteiger charge is -2.06. The fraction of sp³-hybridized carbons (Fsp3) is 0.0909. The van der Waals surface area contributed by atoms with E-state index in [1.54, 1.807) is 25.4 Å². The normalized spacial score (nSPS) is 10.4. The molecule has 2 aromatic rings. The molecular formula is C11H8Cl3N3S. The molecule has 0 bridgehead atoms. The van der Waals surface area contributed by atoms with Crippen LogP contribution in [0.1, 0.15) is 0 Å². The number of nitrogens with one attached hydrogen (secondary N) is 1. The minimum absolute atomic E-state index is 0.491. The summed E-state index contributed by atoms with van der Waals surface area (Å²) in [6.45, 7) is 0. The van der Waals surface area contributed by atoms with Gasteiger partial charge in [-0.05, 0) is 18.2 Å². The van der Waals surface area contributed by atoms with E-state index in [0.29, 0.717) is 26.0 Å². The van der Waals surface area contributed by atoms with Crippen molar-refractivity contribution in [2.24, 2.45) is 0 Å². The van der Waals surface area contributed by atoms with Crippen molar-refractivity contribution in [1.82, 2.24) is 9.97 Å². The topological polar surface area (TPSA) is 37.8 Å². The van der Waals surface area contributed by atoms with E-state index in [2.05, 4.69) is 15.3 Å². The number of anilines is 1. The van der Waals surface area contributed by atoms with Crippen LogP contribution in [0, 0.1) is 0 Å². The van der Waals surface area contributed by atoms with Gasteiger partial charge in [0.1, 0.15) is 5.03 Å². The first-order valence-corrected chi connectivity index (χ1v) is 6.88. The van der Waals surface area contributed by atoms with Gasteiger partial charge < -0.3 is 5.32 Å². The molecule has 1 aromatic carbocycles. The lowest BCUT2D eigenvalue weighted by molar-refractivity contribution is 1.05. The molecule has 0 spiro atoms. The van der Waals surface area contributed by atoms with Crippen LogP contribution >= 0.6 is 46.6 Å². The maximum Gasteiger partial charge on any atom is 0.223 e. The van der Waals surface area contributed by atoms with E-state index in [0.717, 1.165) is 4.90 Å². The molecule has 1 aromatic heterocycles. The van der Waals surface area contributed by atoms with Crippen LogP contribution < -0.4 is 5.32 Å². The van der Waals surface area contributed by atoms with E-state index in [1.807, 2.05) is 6.07 Å². The molecule has 1 heterocycles. The van der Waals surface area contributed by atoms with Gasteiger partial charge in [0.05, 0.1) is 21.3 Å². The Morgan fingerprint density at radius 1 is 1.11 bits per heavy atom. The molecule has 1 N–H and O–H groups in total. The SMILES string of the molecule is CNc1ncc(Cl)c(Sc2ccc(Cl)c(Cl)c2)n1. The molecule has 3 nitrogen and oxygen atoms in total. The molecule has 7 heteroatoms. The highest BCUT2D eigenvalue weighted by atomic mass is 35.5. The van der Waals surface area contributed by atoms with E-state index >= 15 is 0 Å². The van der Waals surface area contributed by atoms with E-state index in [-0.39, 0.29) is 0 Å². The van der Waals surface area contributed by atoms with Gasteiger partial charge in [-0.15, -0.1) is 0 Å². The van der Waals surface area contributed by atoms with Gasteiger partial charge in [-0.1, -0.05) is 46.6 Å². The van der Waals surface area contributed by atoms with Crippen molar-refractivity contribution in [3.63, 3.8) is 0 Å². The Hall–Kier alpha value is -0.680. The van der Waals surface area contributed by atoms with E-state index in [9.17, 15) is 0 Å². The Morgan fingerprint density at radius 3 is 2.56 bits per heavy atom. The Balaban J connectivity index is 2.30. The van der Waals surface area contributed by atoms with Crippen LogP contribution in [0.5, 0.6) is 0 Å². The number of aromatic nitrogens is 2. The zero-order valence-corrected chi connectivity index (χ0v) is 12.3. The minimum atomic E-state index is 0.491. The molecule has 0 saturated carbocycles. The highest BCUT2D eigenvalue weighted by molar-refractivity contribution is 7.99. The Bertz CT molecular complexity index is 577. The van der Waals surface area contributed by atoms with Gasteiger partial charge in [-0.3, -0.25) is 0 Å². The molecule has 0 amide bonds. The number of benzene rings is 1. The fourth-order valence-corrected chi connectivity index (χ4v) is 2.58. The van der Waals surface area contributed by atoms with Crippen molar-refractivity contribution in [3.8, 4) is 0 Å². The zero-order valence-electron chi connectivity index (χ0n) is 9.25. The first-order valence-electron chi connectivity index (χ1n) is 4.93. The van der Waals surface area contributed by atoms with Crippen LogP contribution in [-0.4, -0.2) is 17.0 Å². The zero-order chi connectivity index (χ0) is 13.1.